The molecule has 1 atom stereocenters. The maximum absolute atomic E-state index is 12.4. The number of aryl methyl sites for hydroxylation is 1. The Morgan fingerprint density at radius 3 is 2.64 bits per heavy atom. The highest BCUT2D eigenvalue weighted by Crippen LogP contribution is 2.24. The number of rotatable bonds is 4. The zero-order valence-electron chi connectivity index (χ0n) is 13.6. The first-order chi connectivity index (χ1) is 11.8. The van der Waals surface area contributed by atoms with E-state index < -0.39 is 15.9 Å². The van der Waals surface area contributed by atoms with Gasteiger partial charge in [-0.05, 0) is 37.1 Å². The predicted octanol–water partition coefficient (Wildman–Crippen LogP) is 0.978. The molecular formula is C16H18N4O4S. The Morgan fingerprint density at radius 1 is 1.24 bits per heavy atom. The topological polar surface area (TPSA) is 121 Å². The van der Waals surface area contributed by atoms with E-state index in [9.17, 15) is 18.0 Å². The van der Waals surface area contributed by atoms with Gasteiger partial charge >= 0.3 is 0 Å². The molecule has 2 amide bonds. The fraction of sp³-hybridized carbons (Fsp3) is 0.312. The van der Waals surface area contributed by atoms with E-state index in [2.05, 4.69) is 15.3 Å². The number of benzene rings is 1. The lowest BCUT2D eigenvalue weighted by Crippen LogP contribution is -2.29. The van der Waals surface area contributed by atoms with Crippen LogP contribution in [0, 0.1) is 5.92 Å². The van der Waals surface area contributed by atoms with Gasteiger partial charge in [0.15, 0.2) is 0 Å². The molecule has 2 aromatic rings. The van der Waals surface area contributed by atoms with Crippen molar-refractivity contribution in [2.45, 2.75) is 31.1 Å². The van der Waals surface area contributed by atoms with E-state index in [4.69, 9.17) is 0 Å². The van der Waals surface area contributed by atoms with Gasteiger partial charge in [-0.1, -0.05) is 0 Å². The highest BCUT2D eigenvalue weighted by molar-refractivity contribution is 7.90. The van der Waals surface area contributed by atoms with E-state index in [0.29, 0.717) is 12.1 Å². The van der Waals surface area contributed by atoms with Crippen LogP contribution in [0.2, 0.25) is 0 Å². The van der Waals surface area contributed by atoms with Gasteiger partial charge in [-0.3, -0.25) is 9.59 Å². The summed E-state index contributed by atoms with van der Waals surface area (Å²) in [5.41, 5.74) is 2.50. The number of carbonyl (C=O) groups is 2. The van der Waals surface area contributed by atoms with Crippen LogP contribution in [0.1, 0.15) is 24.7 Å². The normalized spacial score (nSPS) is 16.8. The van der Waals surface area contributed by atoms with Gasteiger partial charge in [0.2, 0.25) is 11.8 Å². The summed E-state index contributed by atoms with van der Waals surface area (Å²) in [5.74, 6) is -0.929. The molecule has 1 unspecified atom stereocenters. The number of anilines is 1. The Kier molecular flexibility index (Phi) is 4.58. The van der Waals surface area contributed by atoms with Crippen LogP contribution in [0.3, 0.4) is 0 Å². The molecule has 0 aliphatic heterocycles. The van der Waals surface area contributed by atoms with E-state index in [1.54, 1.807) is 6.33 Å². The van der Waals surface area contributed by atoms with Crippen molar-refractivity contribution >= 4 is 27.5 Å². The van der Waals surface area contributed by atoms with Crippen molar-refractivity contribution in [2.75, 3.05) is 5.32 Å². The molecule has 25 heavy (non-hydrogen) atoms. The van der Waals surface area contributed by atoms with Gasteiger partial charge in [-0.2, -0.15) is 0 Å². The number of aromatic amines is 1. The number of fused-ring (bicyclic) bond motifs is 1. The molecule has 3 N–H and O–H groups in total. The molecule has 1 aliphatic carbocycles. The first-order valence-electron chi connectivity index (χ1n) is 7.80. The van der Waals surface area contributed by atoms with E-state index in [1.165, 1.54) is 24.3 Å². The zero-order chi connectivity index (χ0) is 18.0. The summed E-state index contributed by atoms with van der Waals surface area (Å²) in [4.78, 5) is 30.6. The van der Waals surface area contributed by atoms with Crippen molar-refractivity contribution < 1.29 is 18.0 Å². The van der Waals surface area contributed by atoms with E-state index in [-0.39, 0.29) is 16.7 Å². The van der Waals surface area contributed by atoms with Crippen molar-refractivity contribution in [3.05, 3.63) is 42.0 Å². The third-order valence-corrected chi connectivity index (χ3v) is 5.52. The van der Waals surface area contributed by atoms with Crippen molar-refractivity contribution in [1.82, 2.24) is 14.7 Å². The maximum Gasteiger partial charge on any atom is 0.264 e. The third kappa shape index (κ3) is 3.87. The van der Waals surface area contributed by atoms with Crippen molar-refractivity contribution in [3.63, 3.8) is 0 Å². The maximum atomic E-state index is 12.4. The summed E-state index contributed by atoms with van der Waals surface area (Å²) in [6, 6.07) is 5.68. The second kappa shape index (κ2) is 6.67. The van der Waals surface area contributed by atoms with Gasteiger partial charge in [-0.25, -0.2) is 18.1 Å². The lowest BCUT2D eigenvalue weighted by molar-refractivity contribution is -0.120. The lowest BCUT2D eigenvalue weighted by atomic mass is 9.89. The number of hydrogen-bond donors (Lipinski definition) is 3. The van der Waals surface area contributed by atoms with Gasteiger partial charge in [0.05, 0.1) is 16.9 Å². The molecule has 132 valence electrons. The number of H-pyrrole nitrogens is 1. The molecule has 0 radical (unpaired) electrons. The van der Waals surface area contributed by atoms with E-state index >= 15 is 0 Å². The van der Waals surface area contributed by atoms with Crippen LogP contribution in [-0.4, -0.2) is 30.2 Å². The molecule has 8 nitrogen and oxygen atoms in total. The monoisotopic (exact) mass is 362 g/mol. The Labute approximate surface area is 145 Å². The SMILES string of the molecule is CC(=O)NS(=O)(=O)c1ccc(NC(=O)C2CCc3nc[nH]c3C2)cc1. The zero-order valence-corrected chi connectivity index (χ0v) is 14.4. The highest BCUT2D eigenvalue weighted by atomic mass is 32.2. The molecule has 1 aromatic carbocycles. The second-order valence-electron chi connectivity index (χ2n) is 5.94. The number of hydrogen-bond acceptors (Lipinski definition) is 5. The highest BCUT2D eigenvalue weighted by Gasteiger charge is 2.26. The summed E-state index contributed by atoms with van der Waals surface area (Å²) in [7, 11) is -3.88. The summed E-state index contributed by atoms with van der Waals surface area (Å²) in [6.45, 7) is 1.13. The molecule has 3 rings (SSSR count). The van der Waals surface area contributed by atoms with E-state index in [1.807, 2.05) is 4.72 Å². The number of aromatic nitrogens is 2. The van der Waals surface area contributed by atoms with Crippen LogP contribution in [-0.2, 0) is 32.5 Å². The molecule has 0 fully saturated rings. The predicted molar refractivity (Wildman–Crippen MR) is 90.2 cm³/mol. The number of nitrogens with one attached hydrogen (secondary N) is 3. The molecule has 1 aliphatic rings. The minimum Gasteiger partial charge on any atom is -0.348 e. The second-order valence-corrected chi connectivity index (χ2v) is 7.63. The van der Waals surface area contributed by atoms with Gasteiger partial charge in [0, 0.05) is 30.6 Å². The Bertz CT molecular complexity index is 902. The Morgan fingerprint density at radius 2 is 1.96 bits per heavy atom. The number of carbonyl (C=O) groups excluding carboxylic acids is 2. The quantitative estimate of drug-likeness (QED) is 0.748. The third-order valence-electron chi connectivity index (χ3n) is 4.07. The van der Waals surface area contributed by atoms with Crippen LogP contribution >= 0.6 is 0 Å². The lowest BCUT2D eigenvalue weighted by Gasteiger charge is -2.20. The first-order valence-corrected chi connectivity index (χ1v) is 9.29. The van der Waals surface area contributed by atoms with E-state index in [0.717, 1.165) is 31.2 Å². The number of imidazole rings is 1. The van der Waals surface area contributed by atoms with Crippen LogP contribution < -0.4 is 10.0 Å². The number of nitrogens with zero attached hydrogens (tertiary/aromatic N) is 1. The smallest absolute Gasteiger partial charge is 0.264 e. The fourth-order valence-electron chi connectivity index (χ4n) is 2.83. The Hall–Kier alpha value is -2.68. The summed E-state index contributed by atoms with van der Waals surface area (Å²) in [5, 5.41) is 2.80. The minimum atomic E-state index is -3.88. The molecule has 0 bridgehead atoms. The molecular weight excluding hydrogens is 344 g/mol. The van der Waals surface area contributed by atoms with Crippen molar-refractivity contribution in [3.8, 4) is 0 Å². The van der Waals surface area contributed by atoms with Gasteiger partial charge in [0.25, 0.3) is 10.0 Å². The summed E-state index contributed by atoms with van der Waals surface area (Å²) in [6.07, 6.45) is 3.72. The van der Waals surface area contributed by atoms with Gasteiger partial charge in [0.1, 0.15) is 0 Å². The summed E-state index contributed by atoms with van der Waals surface area (Å²) >= 11 is 0. The number of sulfonamides is 1. The average Bonchev–Trinajstić information content (AvgIpc) is 3.01. The molecule has 1 aromatic heterocycles. The molecule has 9 heteroatoms. The Balaban J connectivity index is 1.66. The fourth-order valence-corrected chi connectivity index (χ4v) is 3.83. The van der Waals surface area contributed by atoms with Crippen LogP contribution in [0.25, 0.3) is 0 Å². The largest absolute Gasteiger partial charge is 0.348 e. The molecule has 1 heterocycles. The average molecular weight is 362 g/mol. The van der Waals surface area contributed by atoms with Crippen molar-refractivity contribution in [2.24, 2.45) is 5.92 Å². The van der Waals surface area contributed by atoms with Gasteiger partial charge < -0.3 is 10.3 Å². The van der Waals surface area contributed by atoms with Crippen molar-refractivity contribution in [1.29, 1.82) is 0 Å². The minimum absolute atomic E-state index is 0.0412. The van der Waals surface area contributed by atoms with Crippen LogP contribution in [0.15, 0.2) is 35.5 Å². The van der Waals surface area contributed by atoms with Crippen LogP contribution in [0.5, 0.6) is 0 Å². The van der Waals surface area contributed by atoms with Crippen LogP contribution in [0.4, 0.5) is 5.69 Å². The summed E-state index contributed by atoms with van der Waals surface area (Å²) < 4.78 is 25.7. The number of amides is 2. The molecule has 0 saturated carbocycles. The standard InChI is InChI=1S/C16H18N4O4S/c1-10(21)20-25(23,24)13-5-3-12(4-6-13)19-16(22)11-2-7-14-15(8-11)18-9-17-14/h3-6,9,11H,2,7-8H2,1H3,(H,17,18)(H,19,22)(H,20,21). The molecule has 0 spiro atoms. The molecule has 0 saturated heterocycles. The first kappa shape index (κ1) is 17.2. The van der Waals surface area contributed by atoms with Gasteiger partial charge in [-0.15, -0.1) is 0 Å².